The van der Waals surface area contributed by atoms with Crippen LogP contribution >= 0.6 is 0 Å². The van der Waals surface area contributed by atoms with E-state index in [1.165, 1.54) is 0 Å². The van der Waals surface area contributed by atoms with Crippen LogP contribution in [-0.2, 0) is 0 Å². The first kappa shape index (κ1) is 15.4. The van der Waals surface area contributed by atoms with Crippen molar-refractivity contribution in [3.8, 4) is 11.1 Å². The summed E-state index contributed by atoms with van der Waals surface area (Å²) < 4.78 is 14.1. The molecule has 19 heavy (non-hydrogen) atoms. The molecule has 0 aliphatic rings. The minimum atomic E-state index is -0.134. The molecule has 0 heterocycles. The van der Waals surface area contributed by atoms with Crippen LogP contribution in [0.4, 0.5) is 4.39 Å². The van der Waals surface area contributed by atoms with E-state index in [0.717, 1.165) is 16.7 Å². The molecule has 0 aliphatic carbocycles. The fourth-order valence-electron chi connectivity index (χ4n) is 1.98. The molecule has 2 aromatic rings. The second kappa shape index (κ2) is 7.08. The molecule has 0 aliphatic heterocycles. The molecule has 0 nitrogen and oxygen atoms in total. The number of halogens is 1. The molecule has 0 spiro atoms. The van der Waals surface area contributed by atoms with Gasteiger partial charge in [0.05, 0.1) is 0 Å². The zero-order valence-corrected chi connectivity index (χ0v) is 12.5. The van der Waals surface area contributed by atoms with Crippen LogP contribution < -0.4 is 0 Å². The van der Waals surface area contributed by atoms with E-state index in [0.29, 0.717) is 11.5 Å². The molecule has 0 atom stereocenters. The summed E-state index contributed by atoms with van der Waals surface area (Å²) in [6, 6.07) is 13.4. The Labute approximate surface area is 116 Å². The van der Waals surface area contributed by atoms with E-state index in [1.807, 2.05) is 57.2 Å². The van der Waals surface area contributed by atoms with Crippen molar-refractivity contribution in [2.45, 2.75) is 40.5 Å². The van der Waals surface area contributed by atoms with Gasteiger partial charge in [0, 0.05) is 5.56 Å². The minimum absolute atomic E-state index is 0.134. The zero-order valence-electron chi connectivity index (χ0n) is 12.5. The average molecular weight is 258 g/mol. The average Bonchev–Trinajstić information content (AvgIpc) is 2.42. The molecule has 0 saturated heterocycles. The molecule has 0 unspecified atom stereocenters. The van der Waals surface area contributed by atoms with Gasteiger partial charge in [0.25, 0.3) is 0 Å². The van der Waals surface area contributed by atoms with Gasteiger partial charge in [-0.25, -0.2) is 4.39 Å². The Kier molecular flexibility index (Phi) is 5.75. The molecule has 0 saturated carbocycles. The van der Waals surface area contributed by atoms with E-state index < -0.39 is 0 Å². The van der Waals surface area contributed by atoms with E-state index in [9.17, 15) is 4.39 Å². The van der Waals surface area contributed by atoms with Gasteiger partial charge < -0.3 is 0 Å². The summed E-state index contributed by atoms with van der Waals surface area (Å²) in [6.07, 6.45) is 0. The predicted octanol–water partition coefficient (Wildman–Crippen LogP) is 5.95. The molecule has 0 aromatic heterocycles. The van der Waals surface area contributed by atoms with E-state index in [2.05, 4.69) is 13.8 Å². The van der Waals surface area contributed by atoms with Crippen LogP contribution in [0.25, 0.3) is 11.1 Å². The SMILES string of the molecule is CC.Cc1ccccc1-c1ccc(C(C)C)cc1F. The maximum atomic E-state index is 14.1. The smallest absolute Gasteiger partial charge is 0.131 e. The number of hydrogen-bond donors (Lipinski definition) is 0. The molecular weight excluding hydrogens is 235 g/mol. The third kappa shape index (κ3) is 3.66. The summed E-state index contributed by atoms with van der Waals surface area (Å²) in [4.78, 5) is 0. The highest BCUT2D eigenvalue weighted by molar-refractivity contribution is 5.68. The van der Waals surface area contributed by atoms with Crippen molar-refractivity contribution in [1.82, 2.24) is 0 Å². The minimum Gasteiger partial charge on any atom is -0.206 e. The van der Waals surface area contributed by atoms with Gasteiger partial charge in [-0.2, -0.15) is 0 Å². The first-order valence-corrected chi connectivity index (χ1v) is 6.95. The fourth-order valence-corrected chi connectivity index (χ4v) is 1.98. The van der Waals surface area contributed by atoms with Gasteiger partial charge in [-0.15, -0.1) is 0 Å². The van der Waals surface area contributed by atoms with Crippen LogP contribution in [0.2, 0.25) is 0 Å². The highest BCUT2D eigenvalue weighted by Crippen LogP contribution is 2.28. The first-order valence-electron chi connectivity index (χ1n) is 6.95. The molecule has 0 amide bonds. The van der Waals surface area contributed by atoms with E-state index in [1.54, 1.807) is 6.07 Å². The standard InChI is InChI=1S/C16H17F.C2H6/c1-11(2)13-8-9-15(16(17)10-13)14-7-5-4-6-12(14)3;1-2/h4-11H,1-3H3;1-2H3. The Hall–Kier alpha value is -1.63. The van der Waals surface area contributed by atoms with E-state index in [4.69, 9.17) is 0 Å². The van der Waals surface area contributed by atoms with Gasteiger partial charge >= 0.3 is 0 Å². The van der Waals surface area contributed by atoms with Crippen molar-refractivity contribution in [3.63, 3.8) is 0 Å². The normalized spacial score (nSPS) is 10.1. The monoisotopic (exact) mass is 258 g/mol. The van der Waals surface area contributed by atoms with E-state index >= 15 is 0 Å². The Bertz CT molecular complexity index is 527. The number of benzene rings is 2. The molecule has 2 rings (SSSR count). The summed E-state index contributed by atoms with van der Waals surface area (Å²) >= 11 is 0. The zero-order chi connectivity index (χ0) is 14.4. The van der Waals surface area contributed by atoms with Crippen molar-refractivity contribution >= 4 is 0 Å². The number of hydrogen-bond acceptors (Lipinski definition) is 0. The molecule has 1 heteroatoms. The van der Waals surface area contributed by atoms with Crippen molar-refractivity contribution in [1.29, 1.82) is 0 Å². The van der Waals surface area contributed by atoms with Crippen molar-refractivity contribution in [2.24, 2.45) is 0 Å². The van der Waals surface area contributed by atoms with Gasteiger partial charge in [-0.05, 0) is 35.6 Å². The van der Waals surface area contributed by atoms with Crippen molar-refractivity contribution < 1.29 is 4.39 Å². The van der Waals surface area contributed by atoms with Crippen LogP contribution in [0.15, 0.2) is 42.5 Å². The fraction of sp³-hybridized carbons (Fsp3) is 0.333. The van der Waals surface area contributed by atoms with Gasteiger partial charge in [0.1, 0.15) is 5.82 Å². The van der Waals surface area contributed by atoms with Gasteiger partial charge in [0.15, 0.2) is 0 Å². The van der Waals surface area contributed by atoms with Crippen LogP contribution in [-0.4, -0.2) is 0 Å². The Balaban J connectivity index is 0.000000861. The maximum Gasteiger partial charge on any atom is 0.131 e. The molecular formula is C18H23F. The second-order valence-electron chi connectivity index (χ2n) is 4.71. The molecule has 0 fully saturated rings. The molecule has 0 bridgehead atoms. The maximum absolute atomic E-state index is 14.1. The van der Waals surface area contributed by atoms with Gasteiger partial charge in [0.2, 0.25) is 0 Å². The Morgan fingerprint density at radius 1 is 0.895 bits per heavy atom. The third-order valence-corrected chi connectivity index (χ3v) is 3.10. The summed E-state index contributed by atoms with van der Waals surface area (Å²) in [6.45, 7) is 10.1. The molecule has 2 aromatic carbocycles. The lowest BCUT2D eigenvalue weighted by molar-refractivity contribution is 0.626. The number of rotatable bonds is 2. The van der Waals surface area contributed by atoms with E-state index in [-0.39, 0.29) is 5.82 Å². The van der Waals surface area contributed by atoms with Crippen molar-refractivity contribution in [3.05, 3.63) is 59.4 Å². The van der Waals surface area contributed by atoms with Crippen molar-refractivity contribution in [2.75, 3.05) is 0 Å². The lowest BCUT2D eigenvalue weighted by Gasteiger charge is -2.10. The highest BCUT2D eigenvalue weighted by Gasteiger charge is 2.09. The second-order valence-corrected chi connectivity index (χ2v) is 4.71. The third-order valence-electron chi connectivity index (χ3n) is 3.10. The summed E-state index contributed by atoms with van der Waals surface area (Å²) in [5, 5.41) is 0. The highest BCUT2D eigenvalue weighted by atomic mass is 19.1. The Morgan fingerprint density at radius 3 is 2.05 bits per heavy atom. The molecule has 0 radical (unpaired) electrons. The van der Waals surface area contributed by atoms with Crippen LogP contribution in [0.1, 0.15) is 44.7 Å². The Morgan fingerprint density at radius 2 is 1.53 bits per heavy atom. The number of aryl methyl sites for hydroxylation is 1. The van der Waals surface area contributed by atoms with Crippen LogP contribution in [0, 0.1) is 12.7 Å². The van der Waals surface area contributed by atoms with Gasteiger partial charge in [-0.1, -0.05) is 64.1 Å². The molecule has 102 valence electrons. The summed E-state index contributed by atoms with van der Waals surface area (Å²) in [5.41, 5.74) is 3.80. The van der Waals surface area contributed by atoms with Crippen LogP contribution in [0.3, 0.4) is 0 Å². The van der Waals surface area contributed by atoms with Gasteiger partial charge in [-0.3, -0.25) is 0 Å². The predicted molar refractivity (Wildman–Crippen MR) is 82.0 cm³/mol. The topological polar surface area (TPSA) is 0 Å². The summed E-state index contributed by atoms with van der Waals surface area (Å²) in [5.74, 6) is 0.223. The first-order chi connectivity index (χ1) is 9.09. The largest absolute Gasteiger partial charge is 0.206 e. The lowest BCUT2D eigenvalue weighted by atomic mass is 9.96. The quantitative estimate of drug-likeness (QED) is 0.624. The lowest BCUT2D eigenvalue weighted by Crippen LogP contribution is -1.92. The van der Waals surface area contributed by atoms with Crippen LogP contribution in [0.5, 0.6) is 0 Å². The summed E-state index contributed by atoms with van der Waals surface area (Å²) in [7, 11) is 0. The molecule has 0 N–H and O–H groups in total.